The van der Waals surface area contributed by atoms with Crippen molar-refractivity contribution in [1.29, 1.82) is 0 Å². The molecule has 3 fully saturated rings. The van der Waals surface area contributed by atoms with Gasteiger partial charge in [0.2, 0.25) is 0 Å². The number of aromatic nitrogens is 1. The average molecular weight is 332 g/mol. The molecular weight excluding hydrogens is 304 g/mol. The van der Waals surface area contributed by atoms with E-state index in [9.17, 15) is 0 Å². The molecule has 3 aliphatic heterocycles. The molecule has 0 radical (unpaired) electrons. The van der Waals surface area contributed by atoms with Crippen LogP contribution in [0.4, 0.5) is 0 Å². The molecule has 0 aromatic carbocycles. The quantitative estimate of drug-likeness (QED) is 0.747. The van der Waals surface area contributed by atoms with Gasteiger partial charge in [0, 0.05) is 51.1 Å². The highest BCUT2D eigenvalue weighted by atomic mass is 16.5. The summed E-state index contributed by atoms with van der Waals surface area (Å²) < 4.78 is 17.4. The number of rotatable bonds is 6. The number of hydrogen-bond donors (Lipinski definition) is 0. The van der Waals surface area contributed by atoms with Crippen LogP contribution < -0.4 is 0 Å². The summed E-state index contributed by atoms with van der Waals surface area (Å²) in [6.07, 6.45) is 5.70. The molecule has 0 N–H and O–H groups in total. The lowest BCUT2D eigenvalue weighted by Gasteiger charge is -2.31. The molecule has 3 aliphatic rings. The predicted molar refractivity (Wildman–Crippen MR) is 90.6 cm³/mol. The third-order valence-corrected chi connectivity index (χ3v) is 5.78. The molecule has 0 unspecified atom stereocenters. The SMILES string of the molecule is c1ccc(COCC[C@@H]2CO[C@@H]3CN(C4CCOCC4)C[C@H]23)nc1. The second-order valence-corrected chi connectivity index (χ2v) is 7.26. The number of likely N-dealkylation sites (tertiary alicyclic amines) is 1. The first-order valence-electron chi connectivity index (χ1n) is 9.31. The molecule has 4 rings (SSSR count). The Bertz CT molecular complexity index is 507. The van der Waals surface area contributed by atoms with E-state index in [4.69, 9.17) is 14.2 Å². The van der Waals surface area contributed by atoms with Crippen molar-refractivity contribution in [1.82, 2.24) is 9.88 Å². The van der Waals surface area contributed by atoms with Crippen molar-refractivity contribution in [3.05, 3.63) is 30.1 Å². The van der Waals surface area contributed by atoms with Gasteiger partial charge in [0.1, 0.15) is 0 Å². The van der Waals surface area contributed by atoms with Gasteiger partial charge in [0.25, 0.3) is 0 Å². The molecule has 0 aliphatic carbocycles. The Balaban J connectivity index is 1.21. The highest BCUT2D eigenvalue weighted by Gasteiger charge is 2.45. The van der Waals surface area contributed by atoms with Crippen LogP contribution in [0.25, 0.3) is 0 Å². The van der Waals surface area contributed by atoms with Gasteiger partial charge >= 0.3 is 0 Å². The van der Waals surface area contributed by atoms with Crippen LogP contribution in [-0.2, 0) is 20.8 Å². The Morgan fingerprint density at radius 3 is 2.96 bits per heavy atom. The molecule has 3 saturated heterocycles. The van der Waals surface area contributed by atoms with E-state index in [1.54, 1.807) is 0 Å². The Labute approximate surface area is 144 Å². The molecule has 5 heteroatoms. The predicted octanol–water partition coefficient (Wildman–Crippen LogP) is 2.11. The van der Waals surface area contributed by atoms with Gasteiger partial charge in [-0.3, -0.25) is 9.88 Å². The molecule has 4 heterocycles. The van der Waals surface area contributed by atoms with Crippen molar-refractivity contribution in [3.63, 3.8) is 0 Å². The van der Waals surface area contributed by atoms with Crippen molar-refractivity contribution in [3.8, 4) is 0 Å². The number of hydrogen-bond acceptors (Lipinski definition) is 5. The Kier molecular flexibility index (Phi) is 5.43. The summed E-state index contributed by atoms with van der Waals surface area (Å²) in [7, 11) is 0. The number of nitrogens with zero attached hydrogens (tertiary/aromatic N) is 2. The van der Waals surface area contributed by atoms with Crippen molar-refractivity contribution >= 4 is 0 Å². The largest absolute Gasteiger partial charge is 0.381 e. The summed E-state index contributed by atoms with van der Waals surface area (Å²) in [5, 5.41) is 0. The first kappa shape index (κ1) is 16.5. The van der Waals surface area contributed by atoms with E-state index < -0.39 is 0 Å². The fourth-order valence-electron chi connectivity index (χ4n) is 4.37. The monoisotopic (exact) mass is 332 g/mol. The lowest BCUT2D eigenvalue weighted by atomic mass is 9.91. The van der Waals surface area contributed by atoms with Gasteiger partial charge in [-0.1, -0.05) is 6.07 Å². The first-order valence-corrected chi connectivity index (χ1v) is 9.31. The maximum atomic E-state index is 6.09. The van der Waals surface area contributed by atoms with Crippen LogP contribution in [0.5, 0.6) is 0 Å². The molecule has 0 spiro atoms. The van der Waals surface area contributed by atoms with Crippen LogP contribution in [0.2, 0.25) is 0 Å². The normalized spacial score (nSPS) is 31.4. The summed E-state index contributed by atoms with van der Waals surface area (Å²) in [6, 6.07) is 6.65. The zero-order chi connectivity index (χ0) is 16.2. The van der Waals surface area contributed by atoms with Crippen LogP contribution in [0, 0.1) is 11.8 Å². The number of fused-ring (bicyclic) bond motifs is 1. The Morgan fingerprint density at radius 1 is 1.21 bits per heavy atom. The van der Waals surface area contributed by atoms with E-state index in [0.717, 1.165) is 45.1 Å². The lowest BCUT2D eigenvalue weighted by Crippen LogP contribution is -2.39. The smallest absolute Gasteiger partial charge is 0.0887 e. The first-order chi connectivity index (χ1) is 11.9. The molecule has 0 saturated carbocycles. The van der Waals surface area contributed by atoms with Crippen molar-refractivity contribution in [2.45, 2.75) is 38.0 Å². The minimum atomic E-state index is 0.439. The Hall–Kier alpha value is -1.01. The fraction of sp³-hybridized carbons (Fsp3) is 0.737. The van der Waals surface area contributed by atoms with Crippen molar-refractivity contribution in [2.24, 2.45) is 11.8 Å². The van der Waals surface area contributed by atoms with Crippen molar-refractivity contribution in [2.75, 3.05) is 39.5 Å². The summed E-state index contributed by atoms with van der Waals surface area (Å²) in [5.74, 6) is 1.33. The van der Waals surface area contributed by atoms with E-state index in [0.29, 0.717) is 30.6 Å². The summed E-state index contributed by atoms with van der Waals surface area (Å²) in [5.41, 5.74) is 1.00. The van der Waals surface area contributed by atoms with Gasteiger partial charge in [-0.2, -0.15) is 0 Å². The van der Waals surface area contributed by atoms with E-state index in [2.05, 4.69) is 9.88 Å². The molecule has 1 aromatic heterocycles. The van der Waals surface area contributed by atoms with E-state index in [1.165, 1.54) is 19.4 Å². The summed E-state index contributed by atoms with van der Waals surface area (Å²) in [4.78, 5) is 6.95. The molecular formula is C19H28N2O3. The zero-order valence-corrected chi connectivity index (χ0v) is 14.3. The van der Waals surface area contributed by atoms with Crippen LogP contribution in [-0.4, -0.2) is 61.5 Å². The van der Waals surface area contributed by atoms with Crippen molar-refractivity contribution < 1.29 is 14.2 Å². The highest BCUT2D eigenvalue weighted by Crippen LogP contribution is 2.37. The highest BCUT2D eigenvalue weighted by molar-refractivity contribution is 5.02. The maximum absolute atomic E-state index is 6.09. The number of ether oxygens (including phenoxy) is 3. The number of pyridine rings is 1. The summed E-state index contributed by atoms with van der Waals surface area (Å²) >= 11 is 0. The van der Waals surface area contributed by atoms with Crippen LogP contribution in [0.1, 0.15) is 25.0 Å². The van der Waals surface area contributed by atoms with Gasteiger partial charge in [-0.25, -0.2) is 0 Å². The Morgan fingerprint density at radius 2 is 2.12 bits per heavy atom. The minimum Gasteiger partial charge on any atom is -0.381 e. The fourth-order valence-corrected chi connectivity index (χ4v) is 4.37. The van der Waals surface area contributed by atoms with Gasteiger partial charge in [0.05, 0.1) is 25.0 Å². The van der Waals surface area contributed by atoms with Gasteiger partial charge in [-0.15, -0.1) is 0 Å². The van der Waals surface area contributed by atoms with Gasteiger partial charge < -0.3 is 14.2 Å². The maximum Gasteiger partial charge on any atom is 0.0887 e. The lowest BCUT2D eigenvalue weighted by molar-refractivity contribution is 0.0268. The van der Waals surface area contributed by atoms with Crippen LogP contribution in [0.3, 0.4) is 0 Å². The van der Waals surface area contributed by atoms with E-state index >= 15 is 0 Å². The van der Waals surface area contributed by atoms with Gasteiger partial charge in [0.15, 0.2) is 0 Å². The van der Waals surface area contributed by atoms with E-state index in [-0.39, 0.29) is 0 Å². The molecule has 5 nitrogen and oxygen atoms in total. The second kappa shape index (κ2) is 7.91. The van der Waals surface area contributed by atoms with Crippen LogP contribution >= 0.6 is 0 Å². The van der Waals surface area contributed by atoms with E-state index in [1.807, 2.05) is 24.4 Å². The molecule has 132 valence electrons. The third kappa shape index (κ3) is 3.80. The molecule has 0 amide bonds. The molecule has 0 bridgehead atoms. The standard InChI is InChI=1S/C19H28N2O3/c1-2-7-20-16(3-1)14-23-8-4-15-13-24-19-12-21(11-18(15)19)17-5-9-22-10-6-17/h1-3,7,15,17-19H,4-6,8-14H2/t15-,18-,19-/m1/s1. The topological polar surface area (TPSA) is 43.8 Å². The molecule has 24 heavy (non-hydrogen) atoms. The second-order valence-electron chi connectivity index (χ2n) is 7.26. The molecule has 1 aromatic rings. The third-order valence-electron chi connectivity index (χ3n) is 5.78. The zero-order valence-electron chi connectivity index (χ0n) is 14.3. The molecule has 3 atom stereocenters. The van der Waals surface area contributed by atoms with Crippen LogP contribution in [0.15, 0.2) is 24.4 Å². The average Bonchev–Trinajstić information content (AvgIpc) is 3.22. The minimum absolute atomic E-state index is 0.439. The van der Waals surface area contributed by atoms with Gasteiger partial charge in [-0.05, 0) is 37.3 Å². The summed E-state index contributed by atoms with van der Waals surface area (Å²) in [6.45, 7) is 6.46.